The first-order valence-corrected chi connectivity index (χ1v) is 8.43. The van der Waals surface area contributed by atoms with Gasteiger partial charge in [0.15, 0.2) is 17.6 Å². The zero-order valence-corrected chi connectivity index (χ0v) is 15.4. The molecule has 1 amide bonds. The molecule has 2 aromatic rings. The van der Waals surface area contributed by atoms with E-state index in [1.165, 1.54) is 24.3 Å². The first-order valence-electron chi connectivity index (χ1n) is 8.43. The summed E-state index contributed by atoms with van der Waals surface area (Å²) in [4.78, 5) is 12.5. The molecule has 2 atom stereocenters. The number of amides is 1. The second-order valence-corrected chi connectivity index (χ2v) is 5.81. The summed E-state index contributed by atoms with van der Waals surface area (Å²) in [5, 5.41) is 2.93. The molecule has 6 heteroatoms. The van der Waals surface area contributed by atoms with Crippen LogP contribution < -0.4 is 19.5 Å². The highest BCUT2D eigenvalue weighted by Gasteiger charge is 2.21. The van der Waals surface area contributed by atoms with Gasteiger partial charge in [-0.15, -0.1) is 0 Å². The molecule has 2 aromatic carbocycles. The molecule has 0 fully saturated rings. The van der Waals surface area contributed by atoms with Gasteiger partial charge in [0.25, 0.3) is 5.91 Å². The number of ether oxygens (including phenoxy) is 3. The first-order chi connectivity index (χ1) is 12.5. The number of hydrogen-bond donors (Lipinski definition) is 1. The fourth-order valence-electron chi connectivity index (χ4n) is 2.51. The molecule has 0 saturated carbocycles. The van der Waals surface area contributed by atoms with Crippen molar-refractivity contribution in [2.24, 2.45) is 0 Å². The van der Waals surface area contributed by atoms with Gasteiger partial charge in [-0.2, -0.15) is 0 Å². The predicted octanol–water partition coefficient (Wildman–Crippen LogP) is 3.88. The van der Waals surface area contributed by atoms with Gasteiger partial charge in [-0.1, -0.05) is 13.0 Å². The summed E-state index contributed by atoms with van der Waals surface area (Å²) < 4.78 is 29.2. The Morgan fingerprint density at radius 3 is 2.31 bits per heavy atom. The number of methoxy groups -OCH3 is 2. The van der Waals surface area contributed by atoms with Gasteiger partial charge in [-0.05, 0) is 55.3 Å². The SMILES string of the molecule is CCC(Oc1ccc(F)cc1)C(=O)NC(C)c1ccc(OC)c(OC)c1. The van der Waals surface area contributed by atoms with Crippen LogP contribution in [0.3, 0.4) is 0 Å². The van der Waals surface area contributed by atoms with Crippen LogP contribution in [-0.2, 0) is 4.79 Å². The lowest BCUT2D eigenvalue weighted by Gasteiger charge is -2.21. The molecule has 26 heavy (non-hydrogen) atoms. The summed E-state index contributed by atoms with van der Waals surface area (Å²) in [6.45, 7) is 3.73. The van der Waals surface area contributed by atoms with Crippen molar-refractivity contribution in [1.29, 1.82) is 0 Å². The highest BCUT2D eigenvalue weighted by Crippen LogP contribution is 2.30. The maximum Gasteiger partial charge on any atom is 0.261 e. The Hall–Kier alpha value is -2.76. The van der Waals surface area contributed by atoms with Gasteiger partial charge < -0.3 is 19.5 Å². The van der Waals surface area contributed by atoms with Crippen LogP contribution >= 0.6 is 0 Å². The Morgan fingerprint density at radius 1 is 1.08 bits per heavy atom. The minimum Gasteiger partial charge on any atom is -0.493 e. The summed E-state index contributed by atoms with van der Waals surface area (Å²) >= 11 is 0. The predicted molar refractivity (Wildman–Crippen MR) is 97.2 cm³/mol. The fourth-order valence-corrected chi connectivity index (χ4v) is 2.51. The molecule has 1 N–H and O–H groups in total. The molecule has 2 rings (SSSR count). The third-order valence-electron chi connectivity index (χ3n) is 4.02. The van der Waals surface area contributed by atoms with E-state index in [0.29, 0.717) is 23.7 Å². The summed E-state index contributed by atoms with van der Waals surface area (Å²) in [6, 6.07) is 10.8. The fraction of sp³-hybridized carbons (Fsp3) is 0.350. The van der Waals surface area contributed by atoms with E-state index in [2.05, 4.69) is 5.32 Å². The summed E-state index contributed by atoms with van der Waals surface area (Å²) in [5.41, 5.74) is 0.882. The molecule has 0 aliphatic carbocycles. The molecule has 0 radical (unpaired) electrons. The molecule has 0 bridgehead atoms. The Kier molecular flexibility index (Phi) is 6.83. The number of benzene rings is 2. The standard InChI is InChI=1S/C20H24FNO4/c1-5-17(26-16-9-7-15(21)8-10-16)20(23)22-13(2)14-6-11-18(24-3)19(12-14)25-4/h6-13,17H,5H2,1-4H3,(H,22,23). The van der Waals surface area contributed by atoms with Crippen molar-refractivity contribution in [1.82, 2.24) is 5.32 Å². The number of rotatable bonds is 8. The van der Waals surface area contributed by atoms with Crippen molar-refractivity contribution in [3.05, 3.63) is 53.8 Å². The molecule has 5 nitrogen and oxygen atoms in total. The van der Waals surface area contributed by atoms with Crippen molar-refractivity contribution in [2.45, 2.75) is 32.4 Å². The molecular formula is C20H24FNO4. The second kappa shape index (κ2) is 9.08. The van der Waals surface area contributed by atoms with E-state index < -0.39 is 6.10 Å². The second-order valence-electron chi connectivity index (χ2n) is 5.81. The van der Waals surface area contributed by atoms with Gasteiger partial charge in [0.1, 0.15) is 11.6 Å². The van der Waals surface area contributed by atoms with Crippen molar-refractivity contribution >= 4 is 5.91 Å². The zero-order chi connectivity index (χ0) is 19.1. The van der Waals surface area contributed by atoms with E-state index >= 15 is 0 Å². The smallest absolute Gasteiger partial charge is 0.261 e. The molecule has 2 unspecified atom stereocenters. The average molecular weight is 361 g/mol. The zero-order valence-electron chi connectivity index (χ0n) is 15.4. The molecule has 0 aromatic heterocycles. The van der Waals surface area contributed by atoms with Gasteiger partial charge in [-0.25, -0.2) is 4.39 Å². The first kappa shape index (κ1) is 19.6. The van der Waals surface area contributed by atoms with Crippen LogP contribution in [0.1, 0.15) is 31.9 Å². The number of nitrogens with one attached hydrogen (secondary N) is 1. The van der Waals surface area contributed by atoms with E-state index in [4.69, 9.17) is 14.2 Å². The normalized spacial score (nSPS) is 12.8. The van der Waals surface area contributed by atoms with E-state index in [0.717, 1.165) is 5.56 Å². The third kappa shape index (κ3) is 4.88. The van der Waals surface area contributed by atoms with Gasteiger partial charge in [0.2, 0.25) is 0 Å². The monoisotopic (exact) mass is 361 g/mol. The van der Waals surface area contributed by atoms with Crippen molar-refractivity contribution < 1.29 is 23.4 Å². The molecule has 0 aliphatic rings. The topological polar surface area (TPSA) is 56.8 Å². The maximum atomic E-state index is 13.0. The minimum absolute atomic E-state index is 0.237. The van der Waals surface area contributed by atoms with Crippen LogP contribution in [0.4, 0.5) is 4.39 Å². The molecule has 0 aliphatic heterocycles. The lowest BCUT2D eigenvalue weighted by molar-refractivity contribution is -0.128. The van der Waals surface area contributed by atoms with Crippen LogP contribution in [0.2, 0.25) is 0 Å². The van der Waals surface area contributed by atoms with E-state index in [1.807, 2.05) is 26.0 Å². The van der Waals surface area contributed by atoms with Crippen molar-refractivity contribution in [2.75, 3.05) is 14.2 Å². The van der Waals surface area contributed by atoms with Gasteiger partial charge in [0, 0.05) is 0 Å². The quantitative estimate of drug-likeness (QED) is 0.775. The largest absolute Gasteiger partial charge is 0.493 e. The van der Waals surface area contributed by atoms with Crippen LogP contribution in [0.5, 0.6) is 17.2 Å². The summed E-state index contributed by atoms with van der Waals surface area (Å²) in [5.74, 6) is 1.09. The Bertz CT molecular complexity index is 733. The van der Waals surface area contributed by atoms with Gasteiger partial charge in [0.05, 0.1) is 20.3 Å². The van der Waals surface area contributed by atoms with Gasteiger partial charge >= 0.3 is 0 Å². The summed E-state index contributed by atoms with van der Waals surface area (Å²) in [7, 11) is 3.13. The highest BCUT2D eigenvalue weighted by atomic mass is 19.1. The Balaban J connectivity index is 2.05. The minimum atomic E-state index is -0.664. The van der Waals surface area contributed by atoms with Crippen molar-refractivity contribution in [3.8, 4) is 17.2 Å². The summed E-state index contributed by atoms with van der Waals surface area (Å²) in [6.07, 6.45) is -0.176. The molecule has 140 valence electrons. The van der Waals surface area contributed by atoms with Crippen LogP contribution in [0.15, 0.2) is 42.5 Å². The number of halogens is 1. The Labute approximate surface area is 153 Å². The maximum absolute atomic E-state index is 13.0. The van der Waals surface area contributed by atoms with E-state index in [9.17, 15) is 9.18 Å². The molecule has 0 spiro atoms. The van der Waals surface area contributed by atoms with E-state index in [-0.39, 0.29) is 17.8 Å². The van der Waals surface area contributed by atoms with Crippen LogP contribution in [-0.4, -0.2) is 26.2 Å². The average Bonchev–Trinajstić information content (AvgIpc) is 2.66. The molecule has 0 heterocycles. The molecular weight excluding hydrogens is 337 g/mol. The number of hydrogen-bond acceptors (Lipinski definition) is 4. The lowest BCUT2D eigenvalue weighted by atomic mass is 10.1. The van der Waals surface area contributed by atoms with Crippen molar-refractivity contribution in [3.63, 3.8) is 0 Å². The van der Waals surface area contributed by atoms with Crippen LogP contribution in [0.25, 0.3) is 0 Å². The highest BCUT2D eigenvalue weighted by molar-refractivity contribution is 5.81. The van der Waals surface area contributed by atoms with Gasteiger partial charge in [-0.3, -0.25) is 4.79 Å². The Morgan fingerprint density at radius 2 is 1.73 bits per heavy atom. The van der Waals surface area contributed by atoms with E-state index in [1.54, 1.807) is 20.3 Å². The number of carbonyl (C=O) groups is 1. The molecule has 0 saturated heterocycles. The number of carbonyl (C=O) groups excluding carboxylic acids is 1. The lowest BCUT2D eigenvalue weighted by Crippen LogP contribution is -2.39. The van der Waals surface area contributed by atoms with Crippen LogP contribution in [0, 0.1) is 5.82 Å². The third-order valence-corrected chi connectivity index (χ3v) is 4.02.